The van der Waals surface area contributed by atoms with Gasteiger partial charge in [0.25, 0.3) is 5.91 Å². The van der Waals surface area contributed by atoms with Crippen molar-refractivity contribution < 1.29 is 9.53 Å². The molecule has 0 aliphatic carbocycles. The molecule has 1 aromatic heterocycles. The molecule has 1 aliphatic rings. The summed E-state index contributed by atoms with van der Waals surface area (Å²) in [5.74, 6) is 0.785. The van der Waals surface area contributed by atoms with E-state index < -0.39 is 0 Å². The lowest BCUT2D eigenvalue weighted by molar-refractivity contribution is 0.0691. The molecular weight excluding hydrogens is 378 g/mol. The monoisotopic (exact) mass is 407 g/mol. The van der Waals surface area contributed by atoms with Gasteiger partial charge in [-0.25, -0.2) is 4.68 Å². The van der Waals surface area contributed by atoms with Gasteiger partial charge in [0.15, 0.2) is 5.69 Å². The fourth-order valence-electron chi connectivity index (χ4n) is 3.48. The van der Waals surface area contributed by atoms with Gasteiger partial charge in [-0.2, -0.15) is 0 Å². The number of benzene rings is 1. The van der Waals surface area contributed by atoms with Gasteiger partial charge in [-0.15, -0.1) is 17.5 Å². The van der Waals surface area contributed by atoms with Crippen molar-refractivity contribution >= 4 is 18.3 Å². The number of hydrogen-bond acceptors (Lipinski definition) is 5. The standard InChI is InChI=1S/C20H29N5O2.ClH/c1-5-18-19(20(26)24-12-6-7-15(13-24)21-4)22-23-25(18)16-8-10-17(11-9-16)27-14(2)3;/h8-11,14-15,21H,5-7,12-13H2,1-4H3;1H. The number of piperidine rings is 1. The third kappa shape index (κ3) is 4.83. The lowest BCUT2D eigenvalue weighted by Gasteiger charge is -2.32. The summed E-state index contributed by atoms with van der Waals surface area (Å²) in [4.78, 5) is 14.9. The number of likely N-dealkylation sites (tertiary alicyclic amines) is 1. The number of nitrogens with one attached hydrogen (secondary N) is 1. The zero-order valence-corrected chi connectivity index (χ0v) is 17.8. The molecule has 2 heterocycles. The van der Waals surface area contributed by atoms with Crippen LogP contribution in [0.15, 0.2) is 24.3 Å². The molecule has 1 amide bonds. The van der Waals surface area contributed by atoms with Crippen LogP contribution in [0.5, 0.6) is 5.75 Å². The van der Waals surface area contributed by atoms with Crippen molar-refractivity contribution in [2.24, 2.45) is 0 Å². The van der Waals surface area contributed by atoms with Crippen LogP contribution in [-0.2, 0) is 6.42 Å². The zero-order valence-electron chi connectivity index (χ0n) is 17.0. The number of aromatic nitrogens is 3. The molecule has 2 aromatic rings. The van der Waals surface area contributed by atoms with Crippen LogP contribution in [0.3, 0.4) is 0 Å². The summed E-state index contributed by atoms with van der Waals surface area (Å²) >= 11 is 0. The predicted molar refractivity (Wildman–Crippen MR) is 112 cm³/mol. The van der Waals surface area contributed by atoms with Crippen LogP contribution >= 0.6 is 12.4 Å². The molecule has 1 aromatic carbocycles. The van der Waals surface area contributed by atoms with Crippen LogP contribution in [-0.4, -0.2) is 58.1 Å². The van der Waals surface area contributed by atoms with Gasteiger partial charge in [-0.05, 0) is 64.4 Å². The highest BCUT2D eigenvalue weighted by molar-refractivity contribution is 5.93. The van der Waals surface area contributed by atoms with Crippen molar-refractivity contribution in [1.82, 2.24) is 25.2 Å². The smallest absolute Gasteiger partial charge is 0.276 e. The van der Waals surface area contributed by atoms with E-state index in [1.807, 2.05) is 57.0 Å². The Kier molecular flexibility index (Phi) is 7.83. The predicted octanol–water partition coefficient (Wildman–Crippen LogP) is 2.86. The molecule has 1 N–H and O–H groups in total. The van der Waals surface area contributed by atoms with E-state index in [1.165, 1.54) is 0 Å². The Labute approximate surface area is 172 Å². The minimum absolute atomic E-state index is 0. The molecule has 0 bridgehead atoms. The van der Waals surface area contributed by atoms with Gasteiger partial charge in [-0.1, -0.05) is 12.1 Å². The fraction of sp³-hybridized carbons (Fsp3) is 0.550. The maximum Gasteiger partial charge on any atom is 0.276 e. The summed E-state index contributed by atoms with van der Waals surface area (Å²) in [6.07, 6.45) is 2.91. The molecule has 8 heteroatoms. The molecular formula is C20H30ClN5O2. The highest BCUT2D eigenvalue weighted by Crippen LogP contribution is 2.20. The zero-order chi connectivity index (χ0) is 19.4. The summed E-state index contributed by atoms with van der Waals surface area (Å²) in [5, 5.41) is 11.8. The molecule has 1 unspecified atom stereocenters. The van der Waals surface area contributed by atoms with Crippen molar-refractivity contribution in [2.75, 3.05) is 20.1 Å². The number of hydrogen-bond donors (Lipinski definition) is 1. The van der Waals surface area contributed by atoms with Gasteiger partial charge in [0, 0.05) is 19.1 Å². The highest BCUT2D eigenvalue weighted by Gasteiger charge is 2.28. The quantitative estimate of drug-likeness (QED) is 0.797. The average Bonchev–Trinajstić information content (AvgIpc) is 3.11. The van der Waals surface area contributed by atoms with Crippen LogP contribution in [0.25, 0.3) is 5.69 Å². The summed E-state index contributed by atoms with van der Waals surface area (Å²) in [6.45, 7) is 7.50. The van der Waals surface area contributed by atoms with Gasteiger partial charge < -0.3 is 15.0 Å². The maximum atomic E-state index is 13.0. The van der Waals surface area contributed by atoms with Crippen molar-refractivity contribution in [3.8, 4) is 11.4 Å². The number of ether oxygens (including phenoxy) is 1. The van der Waals surface area contributed by atoms with E-state index in [0.717, 1.165) is 36.5 Å². The van der Waals surface area contributed by atoms with E-state index in [-0.39, 0.29) is 24.4 Å². The van der Waals surface area contributed by atoms with E-state index in [4.69, 9.17) is 4.74 Å². The second kappa shape index (κ2) is 9.89. The SMILES string of the molecule is CCc1c(C(=O)N2CCCC(NC)C2)nnn1-c1ccc(OC(C)C)cc1.Cl. The largest absolute Gasteiger partial charge is 0.491 e. The van der Waals surface area contributed by atoms with E-state index >= 15 is 0 Å². The van der Waals surface area contributed by atoms with Crippen molar-refractivity contribution in [1.29, 1.82) is 0 Å². The van der Waals surface area contributed by atoms with Crippen molar-refractivity contribution in [3.63, 3.8) is 0 Å². The molecule has 1 atom stereocenters. The number of halogens is 1. The van der Waals surface area contributed by atoms with Crippen LogP contribution in [0.2, 0.25) is 0 Å². The number of amides is 1. The van der Waals surface area contributed by atoms with Crippen molar-refractivity contribution in [2.45, 2.75) is 52.2 Å². The summed E-state index contributed by atoms with van der Waals surface area (Å²) in [7, 11) is 1.94. The van der Waals surface area contributed by atoms with Gasteiger partial charge in [0.05, 0.1) is 17.5 Å². The first-order valence-corrected chi connectivity index (χ1v) is 9.71. The molecule has 0 saturated carbocycles. The Hall–Kier alpha value is -2.12. The van der Waals surface area contributed by atoms with Crippen LogP contribution < -0.4 is 10.1 Å². The van der Waals surface area contributed by atoms with E-state index in [9.17, 15) is 4.79 Å². The normalized spacial score (nSPS) is 16.8. The average molecular weight is 408 g/mol. The number of carbonyl (C=O) groups excluding carboxylic acids is 1. The summed E-state index contributed by atoms with van der Waals surface area (Å²) < 4.78 is 7.45. The van der Waals surface area contributed by atoms with Crippen molar-refractivity contribution in [3.05, 3.63) is 35.7 Å². The minimum Gasteiger partial charge on any atom is -0.491 e. The molecule has 0 spiro atoms. The van der Waals surface area contributed by atoms with Crippen LogP contribution in [0.4, 0.5) is 0 Å². The molecule has 0 radical (unpaired) electrons. The number of likely N-dealkylation sites (N-methyl/N-ethyl adjacent to an activating group) is 1. The van der Waals surface area contributed by atoms with E-state index in [1.54, 1.807) is 4.68 Å². The van der Waals surface area contributed by atoms with Gasteiger partial charge in [0.1, 0.15) is 5.75 Å². The Bertz CT molecular complexity index is 775. The molecule has 3 rings (SSSR count). The Morgan fingerprint density at radius 1 is 1.32 bits per heavy atom. The summed E-state index contributed by atoms with van der Waals surface area (Å²) in [6, 6.07) is 8.06. The Morgan fingerprint density at radius 2 is 2.04 bits per heavy atom. The molecule has 28 heavy (non-hydrogen) atoms. The van der Waals surface area contributed by atoms with E-state index in [2.05, 4.69) is 15.6 Å². The lowest BCUT2D eigenvalue weighted by atomic mass is 10.1. The molecule has 7 nitrogen and oxygen atoms in total. The number of carbonyl (C=O) groups is 1. The van der Waals surface area contributed by atoms with Crippen LogP contribution in [0, 0.1) is 0 Å². The second-order valence-corrected chi connectivity index (χ2v) is 7.19. The van der Waals surface area contributed by atoms with Gasteiger partial charge in [-0.3, -0.25) is 4.79 Å². The third-order valence-corrected chi connectivity index (χ3v) is 4.87. The third-order valence-electron chi connectivity index (χ3n) is 4.87. The number of rotatable bonds is 6. The Balaban J connectivity index is 0.00000280. The topological polar surface area (TPSA) is 72.3 Å². The molecule has 1 saturated heterocycles. The molecule has 1 aliphatic heterocycles. The maximum absolute atomic E-state index is 13.0. The second-order valence-electron chi connectivity index (χ2n) is 7.19. The molecule has 154 valence electrons. The summed E-state index contributed by atoms with van der Waals surface area (Å²) in [5.41, 5.74) is 2.17. The van der Waals surface area contributed by atoms with Crippen LogP contribution in [0.1, 0.15) is 49.8 Å². The first-order chi connectivity index (χ1) is 13.0. The lowest BCUT2D eigenvalue weighted by Crippen LogP contribution is -2.47. The fourth-order valence-corrected chi connectivity index (χ4v) is 3.48. The van der Waals surface area contributed by atoms with Gasteiger partial charge >= 0.3 is 0 Å². The first kappa shape index (κ1) is 22.2. The Morgan fingerprint density at radius 3 is 2.64 bits per heavy atom. The minimum atomic E-state index is -0.0298. The number of nitrogens with zero attached hydrogens (tertiary/aromatic N) is 4. The molecule has 1 fully saturated rings. The first-order valence-electron chi connectivity index (χ1n) is 9.71. The van der Waals surface area contributed by atoms with E-state index in [0.29, 0.717) is 24.7 Å². The highest BCUT2D eigenvalue weighted by atomic mass is 35.5. The van der Waals surface area contributed by atoms with Gasteiger partial charge in [0.2, 0.25) is 0 Å².